The highest BCUT2D eigenvalue weighted by atomic mass is 15.1. The second kappa shape index (κ2) is 10.8. The minimum atomic E-state index is -0.0727. The van der Waals surface area contributed by atoms with Crippen molar-refractivity contribution in [3.63, 3.8) is 0 Å². The Bertz CT molecular complexity index is 2760. The number of anilines is 3. The Balaban J connectivity index is 1.02. The summed E-state index contributed by atoms with van der Waals surface area (Å²) in [5.74, 6) is 3.47. The Morgan fingerprint density at radius 1 is 0.448 bits per heavy atom. The summed E-state index contributed by atoms with van der Waals surface area (Å²) in [6, 6.07) is 50.3. The van der Waals surface area contributed by atoms with Crippen molar-refractivity contribution in [2.75, 3.05) is 4.90 Å². The molecule has 58 heavy (non-hydrogen) atoms. The molecule has 0 saturated heterocycles. The zero-order valence-corrected chi connectivity index (χ0v) is 35.1. The lowest BCUT2D eigenvalue weighted by Gasteiger charge is -2.76. The highest BCUT2D eigenvalue weighted by Gasteiger charge is 2.84. The minimum Gasteiger partial charge on any atom is -0.310 e. The predicted molar refractivity (Wildman–Crippen MR) is 240 cm³/mol. The summed E-state index contributed by atoms with van der Waals surface area (Å²) in [5, 5.41) is 0. The molecule has 1 nitrogen and oxygen atoms in total. The molecule has 2 spiro atoms. The summed E-state index contributed by atoms with van der Waals surface area (Å²) >= 11 is 0. The lowest BCUT2D eigenvalue weighted by Crippen LogP contribution is -2.73. The largest absolute Gasteiger partial charge is 0.310 e. The number of hydrogen-bond donors (Lipinski definition) is 0. The van der Waals surface area contributed by atoms with Crippen LogP contribution in [0.15, 0.2) is 127 Å². The number of fused-ring (bicyclic) bond motifs is 12. The van der Waals surface area contributed by atoms with Crippen LogP contribution in [0, 0.1) is 29.1 Å². The third-order valence-corrected chi connectivity index (χ3v) is 18.0. The molecular formula is C57H55N. The summed E-state index contributed by atoms with van der Waals surface area (Å²) in [5.41, 5.74) is 22.3. The highest BCUT2D eigenvalue weighted by molar-refractivity contribution is 5.91. The zero-order valence-electron chi connectivity index (χ0n) is 35.1. The van der Waals surface area contributed by atoms with Gasteiger partial charge in [0.25, 0.3) is 0 Å². The second-order valence-electron chi connectivity index (χ2n) is 21.7. The molecule has 6 aromatic rings. The molecule has 4 saturated carbocycles. The normalized spacial score (nSPS) is 29.7. The average molecular weight is 754 g/mol. The van der Waals surface area contributed by atoms with Crippen LogP contribution < -0.4 is 4.90 Å². The summed E-state index contributed by atoms with van der Waals surface area (Å²) in [6.45, 7) is 14.6. The smallest absolute Gasteiger partial charge is 0.0468 e. The molecule has 7 aliphatic rings. The van der Waals surface area contributed by atoms with Crippen molar-refractivity contribution >= 4 is 17.1 Å². The van der Waals surface area contributed by atoms with Gasteiger partial charge in [-0.1, -0.05) is 126 Å². The Labute approximate surface area is 345 Å². The molecule has 0 radical (unpaired) electrons. The molecule has 0 amide bonds. The molecule has 0 N–H and O–H groups in total. The first-order chi connectivity index (χ1) is 27.9. The van der Waals surface area contributed by atoms with Crippen molar-refractivity contribution < 1.29 is 0 Å². The first-order valence-corrected chi connectivity index (χ1v) is 22.5. The van der Waals surface area contributed by atoms with E-state index in [1.165, 1.54) is 111 Å². The molecule has 0 heterocycles. The van der Waals surface area contributed by atoms with Crippen LogP contribution in [0.25, 0.3) is 33.4 Å². The summed E-state index contributed by atoms with van der Waals surface area (Å²) in [7, 11) is 0. The van der Waals surface area contributed by atoms with Gasteiger partial charge in [-0.25, -0.2) is 0 Å². The standard InChI is InChI=1S/C57H55N/c1-53(2)24-25-54(3,4)50-32-40(19-23-47(50)53)58(39-17-21-42-41-14-10-11-15-45(41)55(5,6)48(42)31-39)38-18-22-46-44(30-38)43-20-16-36(35-12-8-7-9-13-35)28-49(43)57(46)51-27-34-26-37-29-52(57)56(37,51)33-34/h7-23,28,30-32,34,37,51-52H,24-27,29,33H2,1-6H3. The molecule has 13 rings (SSSR count). The van der Waals surface area contributed by atoms with Crippen molar-refractivity contribution in [3.05, 3.63) is 161 Å². The molecule has 2 bridgehead atoms. The lowest BCUT2D eigenvalue weighted by molar-refractivity contribution is -0.231. The van der Waals surface area contributed by atoms with Crippen molar-refractivity contribution in [2.24, 2.45) is 29.1 Å². The third kappa shape index (κ3) is 3.96. The fraction of sp³-hybridized carbons (Fsp3) is 0.368. The van der Waals surface area contributed by atoms with Gasteiger partial charge in [-0.05, 0) is 188 Å². The number of benzene rings is 6. The van der Waals surface area contributed by atoms with E-state index in [1.807, 2.05) is 0 Å². The van der Waals surface area contributed by atoms with E-state index in [4.69, 9.17) is 0 Å². The van der Waals surface area contributed by atoms with Crippen LogP contribution in [-0.2, 0) is 21.7 Å². The first-order valence-electron chi connectivity index (χ1n) is 22.5. The highest BCUT2D eigenvalue weighted by Crippen LogP contribution is 2.89. The van der Waals surface area contributed by atoms with Crippen LogP contribution in [0.5, 0.6) is 0 Å². The van der Waals surface area contributed by atoms with E-state index in [2.05, 4.69) is 174 Å². The third-order valence-electron chi connectivity index (χ3n) is 18.0. The van der Waals surface area contributed by atoms with Gasteiger partial charge in [-0.15, -0.1) is 0 Å². The maximum atomic E-state index is 2.64. The van der Waals surface area contributed by atoms with Gasteiger partial charge in [0.15, 0.2) is 0 Å². The van der Waals surface area contributed by atoms with Crippen LogP contribution in [0.4, 0.5) is 17.1 Å². The average Bonchev–Trinajstić information content (AvgIpc) is 3.92. The van der Waals surface area contributed by atoms with Crippen LogP contribution in [-0.4, -0.2) is 0 Å². The predicted octanol–water partition coefficient (Wildman–Crippen LogP) is 14.8. The topological polar surface area (TPSA) is 3.24 Å². The van der Waals surface area contributed by atoms with E-state index in [0.29, 0.717) is 5.41 Å². The molecule has 7 aliphatic carbocycles. The Hall–Kier alpha value is -4.88. The van der Waals surface area contributed by atoms with Crippen molar-refractivity contribution in [2.45, 2.75) is 102 Å². The Morgan fingerprint density at radius 2 is 1.07 bits per heavy atom. The van der Waals surface area contributed by atoms with E-state index in [-0.39, 0.29) is 21.7 Å². The van der Waals surface area contributed by atoms with Gasteiger partial charge in [0.1, 0.15) is 0 Å². The second-order valence-corrected chi connectivity index (χ2v) is 21.7. The molecule has 4 fully saturated rings. The SMILES string of the molecule is CC1(C)CCC(C)(C)c2cc(N(c3ccc4c(c3)-c3ccc(-c5ccccc5)cc3C43C4CC5CC6CC3C64C5)c3ccc4c(c3)C(C)(C)c3ccccc3-4)ccc21. The fourth-order valence-corrected chi connectivity index (χ4v) is 15.3. The molecule has 6 aromatic carbocycles. The summed E-state index contributed by atoms with van der Waals surface area (Å²) in [6.07, 6.45) is 8.26. The number of hydrogen-bond acceptors (Lipinski definition) is 1. The van der Waals surface area contributed by atoms with Crippen LogP contribution >= 0.6 is 0 Å². The van der Waals surface area contributed by atoms with E-state index in [9.17, 15) is 0 Å². The maximum Gasteiger partial charge on any atom is 0.0468 e. The van der Waals surface area contributed by atoms with Crippen molar-refractivity contribution in [1.29, 1.82) is 0 Å². The minimum absolute atomic E-state index is 0.0727. The number of rotatable bonds is 4. The van der Waals surface area contributed by atoms with Gasteiger partial charge in [0.2, 0.25) is 0 Å². The van der Waals surface area contributed by atoms with E-state index >= 15 is 0 Å². The van der Waals surface area contributed by atoms with Gasteiger partial charge < -0.3 is 4.90 Å². The van der Waals surface area contributed by atoms with Gasteiger partial charge in [0.05, 0.1) is 0 Å². The fourth-order valence-electron chi connectivity index (χ4n) is 15.3. The van der Waals surface area contributed by atoms with Crippen molar-refractivity contribution in [1.82, 2.24) is 0 Å². The molecule has 6 unspecified atom stereocenters. The van der Waals surface area contributed by atoms with Crippen LogP contribution in [0.1, 0.15) is 113 Å². The molecule has 1 heteroatoms. The van der Waals surface area contributed by atoms with Crippen LogP contribution in [0.2, 0.25) is 0 Å². The lowest BCUT2D eigenvalue weighted by atomic mass is 9.27. The summed E-state index contributed by atoms with van der Waals surface area (Å²) in [4.78, 5) is 2.61. The van der Waals surface area contributed by atoms with E-state index < -0.39 is 0 Å². The molecule has 6 atom stereocenters. The molecular weight excluding hydrogens is 699 g/mol. The van der Waals surface area contributed by atoms with Crippen molar-refractivity contribution in [3.8, 4) is 33.4 Å². The molecule has 288 valence electrons. The first kappa shape index (κ1) is 34.0. The summed E-state index contributed by atoms with van der Waals surface area (Å²) < 4.78 is 0. The van der Waals surface area contributed by atoms with E-state index in [0.717, 1.165) is 23.7 Å². The molecule has 0 aromatic heterocycles. The van der Waals surface area contributed by atoms with Gasteiger partial charge in [-0.2, -0.15) is 0 Å². The number of nitrogens with zero attached hydrogens (tertiary/aromatic N) is 1. The quantitative estimate of drug-likeness (QED) is 0.173. The monoisotopic (exact) mass is 753 g/mol. The Kier molecular flexibility index (Phi) is 6.36. The Morgan fingerprint density at radius 3 is 1.86 bits per heavy atom. The molecule has 0 aliphatic heterocycles. The van der Waals surface area contributed by atoms with Gasteiger partial charge >= 0.3 is 0 Å². The van der Waals surface area contributed by atoms with E-state index in [1.54, 1.807) is 11.1 Å². The van der Waals surface area contributed by atoms with Gasteiger partial charge in [-0.3, -0.25) is 0 Å². The zero-order chi connectivity index (χ0) is 39.1. The maximum absolute atomic E-state index is 2.64. The van der Waals surface area contributed by atoms with Gasteiger partial charge in [0, 0.05) is 27.9 Å². The van der Waals surface area contributed by atoms with Crippen LogP contribution in [0.3, 0.4) is 0 Å².